The predicted molar refractivity (Wildman–Crippen MR) is 71.4 cm³/mol. The van der Waals surface area contributed by atoms with Crippen molar-refractivity contribution >= 4 is 0 Å². The zero-order valence-corrected chi connectivity index (χ0v) is 11.8. The molecule has 1 aromatic heterocycles. The van der Waals surface area contributed by atoms with Crippen LogP contribution in [-0.2, 0) is 17.8 Å². The number of nitrogens with zero attached hydrogens (tertiary/aromatic N) is 1. The SMILES string of the molecule is CNCc1occc1CN1CC(C)OC(C)(C)C1. The maximum absolute atomic E-state index is 5.92. The molecule has 0 spiro atoms. The summed E-state index contributed by atoms with van der Waals surface area (Å²) in [5.74, 6) is 1.04. The molecule has 0 aliphatic carbocycles. The van der Waals surface area contributed by atoms with Crippen LogP contribution in [0.3, 0.4) is 0 Å². The summed E-state index contributed by atoms with van der Waals surface area (Å²) in [4.78, 5) is 2.44. The molecule has 102 valence electrons. The topological polar surface area (TPSA) is 37.6 Å². The van der Waals surface area contributed by atoms with Gasteiger partial charge in [0.1, 0.15) is 5.76 Å². The minimum absolute atomic E-state index is 0.0649. The van der Waals surface area contributed by atoms with Crippen molar-refractivity contribution in [2.45, 2.75) is 45.6 Å². The van der Waals surface area contributed by atoms with Crippen molar-refractivity contribution in [3.63, 3.8) is 0 Å². The Labute approximate surface area is 109 Å². The van der Waals surface area contributed by atoms with E-state index in [4.69, 9.17) is 9.15 Å². The number of nitrogens with one attached hydrogen (secondary N) is 1. The fourth-order valence-corrected chi connectivity index (χ4v) is 2.77. The van der Waals surface area contributed by atoms with Gasteiger partial charge >= 0.3 is 0 Å². The van der Waals surface area contributed by atoms with Crippen LogP contribution >= 0.6 is 0 Å². The first kappa shape index (κ1) is 13.6. The van der Waals surface area contributed by atoms with Gasteiger partial charge in [-0.3, -0.25) is 4.90 Å². The average molecular weight is 252 g/mol. The molecule has 1 aliphatic rings. The molecule has 1 atom stereocenters. The Morgan fingerprint density at radius 2 is 2.28 bits per heavy atom. The Kier molecular flexibility index (Phi) is 4.10. The van der Waals surface area contributed by atoms with E-state index in [9.17, 15) is 0 Å². The number of hydrogen-bond donors (Lipinski definition) is 1. The fourth-order valence-electron chi connectivity index (χ4n) is 2.77. The molecule has 1 N–H and O–H groups in total. The summed E-state index contributed by atoms with van der Waals surface area (Å²) in [6.45, 7) is 10.1. The minimum atomic E-state index is -0.0649. The second kappa shape index (κ2) is 5.43. The quantitative estimate of drug-likeness (QED) is 0.889. The van der Waals surface area contributed by atoms with E-state index in [2.05, 4.69) is 37.1 Å². The number of hydrogen-bond acceptors (Lipinski definition) is 4. The van der Waals surface area contributed by atoms with E-state index in [0.717, 1.165) is 31.9 Å². The third-order valence-electron chi connectivity index (χ3n) is 3.21. The summed E-state index contributed by atoms with van der Waals surface area (Å²) in [5, 5.41) is 3.14. The minimum Gasteiger partial charge on any atom is -0.468 e. The first-order valence-electron chi connectivity index (χ1n) is 6.60. The highest BCUT2D eigenvalue weighted by molar-refractivity contribution is 5.17. The lowest BCUT2D eigenvalue weighted by Gasteiger charge is -2.41. The van der Waals surface area contributed by atoms with Crippen molar-refractivity contribution in [3.8, 4) is 0 Å². The lowest BCUT2D eigenvalue weighted by atomic mass is 10.0. The molecule has 1 fully saturated rings. The molecule has 1 aromatic rings. The van der Waals surface area contributed by atoms with E-state index in [1.165, 1.54) is 5.56 Å². The van der Waals surface area contributed by atoms with Gasteiger partial charge in [0, 0.05) is 25.2 Å². The molecule has 1 unspecified atom stereocenters. The van der Waals surface area contributed by atoms with Gasteiger partial charge < -0.3 is 14.5 Å². The molecule has 1 saturated heterocycles. The van der Waals surface area contributed by atoms with Crippen LogP contribution in [-0.4, -0.2) is 36.7 Å². The van der Waals surface area contributed by atoms with Gasteiger partial charge in [-0.1, -0.05) is 0 Å². The smallest absolute Gasteiger partial charge is 0.122 e. The van der Waals surface area contributed by atoms with Gasteiger partial charge in [0.25, 0.3) is 0 Å². The number of morpholine rings is 1. The first-order valence-corrected chi connectivity index (χ1v) is 6.60. The number of furan rings is 1. The van der Waals surface area contributed by atoms with Crippen molar-refractivity contribution in [1.29, 1.82) is 0 Å². The van der Waals surface area contributed by atoms with Crippen LogP contribution < -0.4 is 5.32 Å². The molecule has 0 bridgehead atoms. The lowest BCUT2D eigenvalue weighted by Crippen LogP contribution is -2.51. The zero-order chi connectivity index (χ0) is 13.2. The molecule has 0 saturated carbocycles. The molecule has 1 aliphatic heterocycles. The molecule has 0 radical (unpaired) electrons. The van der Waals surface area contributed by atoms with Crippen LogP contribution in [0.2, 0.25) is 0 Å². The molecule has 18 heavy (non-hydrogen) atoms. The van der Waals surface area contributed by atoms with Crippen LogP contribution in [0.4, 0.5) is 0 Å². The summed E-state index contributed by atoms with van der Waals surface area (Å²) in [6.07, 6.45) is 2.06. The molecule has 2 heterocycles. The van der Waals surface area contributed by atoms with Gasteiger partial charge in [-0.2, -0.15) is 0 Å². The summed E-state index contributed by atoms with van der Waals surface area (Å²) >= 11 is 0. The van der Waals surface area contributed by atoms with Crippen molar-refractivity contribution in [2.75, 3.05) is 20.1 Å². The molecule has 4 nitrogen and oxygen atoms in total. The normalized spacial score (nSPS) is 24.3. The fraction of sp³-hybridized carbons (Fsp3) is 0.714. The average Bonchev–Trinajstić information content (AvgIpc) is 2.63. The Morgan fingerprint density at radius 1 is 1.50 bits per heavy atom. The van der Waals surface area contributed by atoms with E-state index in [1.807, 2.05) is 7.05 Å². The van der Waals surface area contributed by atoms with Crippen molar-refractivity contribution < 1.29 is 9.15 Å². The Bertz CT molecular complexity index is 387. The maximum Gasteiger partial charge on any atom is 0.122 e. The second-order valence-corrected chi connectivity index (χ2v) is 5.76. The summed E-state index contributed by atoms with van der Waals surface area (Å²) in [7, 11) is 1.94. The van der Waals surface area contributed by atoms with Crippen molar-refractivity contribution in [1.82, 2.24) is 10.2 Å². The molecule has 4 heteroatoms. The molecule has 2 rings (SSSR count). The van der Waals surface area contributed by atoms with E-state index in [1.54, 1.807) is 6.26 Å². The number of rotatable bonds is 4. The zero-order valence-electron chi connectivity index (χ0n) is 11.8. The molecule has 0 amide bonds. The van der Waals surface area contributed by atoms with Gasteiger partial charge in [0.15, 0.2) is 0 Å². The molecular weight excluding hydrogens is 228 g/mol. The van der Waals surface area contributed by atoms with Crippen LogP contribution in [0.5, 0.6) is 0 Å². The second-order valence-electron chi connectivity index (χ2n) is 5.76. The highest BCUT2D eigenvalue weighted by Gasteiger charge is 2.31. The van der Waals surface area contributed by atoms with Crippen molar-refractivity contribution in [3.05, 3.63) is 23.7 Å². The van der Waals surface area contributed by atoms with Gasteiger partial charge in [0.05, 0.1) is 24.5 Å². The largest absolute Gasteiger partial charge is 0.468 e. The van der Waals surface area contributed by atoms with E-state index >= 15 is 0 Å². The predicted octanol–water partition coefficient (Wildman–Crippen LogP) is 2.00. The third-order valence-corrected chi connectivity index (χ3v) is 3.21. The van der Waals surface area contributed by atoms with Gasteiger partial charge in [-0.05, 0) is 33.9 Å². The Morgan fingerprint density at radius 3 is 2.94 bits per heavy atom. The standard InChI is InChI=1S/C14H24N2O2/c1-11-8-16(10-14(2,3)18-11)9-12-5-6-17-13(12)7-15-4/h5-6,11,15H,7-10H2,1-4H3. The van der Waals surface area contributed by atoms with Crippen LogP contribution in [0.25, 0.3) is 0 Å². The Hall–Kier alpha value is -0.840. The van der Waals surface area contributed by atoms with Crippen LogP contribution in [0, 0.1) is 0 Å². The summed E-state index contributed by atoms with van der Waals surface area (Å²) in [5.41, 5.74) is 1.21. The third kappa shape index (κ3) is 3.34. The highest BCUT2D eigenvalue weighted by atomic mass is 16.5. The molecular formula is C14H24N2O2. The molecule has 0 aromatic carbocycles. The number of ether oxygens (including phenoxy) is 1. The first-order chi connectivity index (χ1) is 8.50. The van der Waals surface area contributed by atoms with Gasteiger partial charge in [0.2, 0.25) is 0 Å². The van der Waals surface area contributed by atoms with Crippen LogP contribution in [0.15, 0.2) is 16.7 Å². The highest BCUT2D eigenvalue weighted by Crippen LogP contribution is 2.23. The summed E-state index contributed by atoms with van der Waals surface area (Å²) < 4.78 is 11.4. The van der Waals surface area contributed by atoms with Gasteiger partial charge in [-0.25, -0.2) is 0 Å². The van der Waals surface area contributed by atoms with Gasteiger partial charge in [-0.15, -0.1) is 0 Å². The lowest BCUT2D eigenvalue weighted by molar-refractivity contribution is -0.130. The van der Waals surface area contributed by atoms with E-state index in [-0.39, 0.29) is 11.7 Å². The Balaban J connectivity index is 2.02. The van der Waals surface area contributed by atoms with E-state index < -0.39 is 0 Å². The monoisotopic (exact) mass is 252 g/mol. The van der Waals surface area contributed by atoms with Crippen molar-refractivity contribution in [2.24, 2.45) is 0 Å². The van der Waals surface area contributed by atoms with E-state index in [0.29, 0.717) is 0 Å². The summed E-state index contributed by atoms with van der Waals surface area (Å²) in [6, 6.07) is 2.07. The van der Waals surface area contributed by atoms with Crippen LogP contribution in [0.1, 0.15) is 32.1 Å². The maximum atomic E-state index is 5.92.